The number of rotatable bonds is 8. The Labute approximate surface area is 143 Å². The van der Waals surface area contributed by atoms with E-state index >= 15 is 0 Å². The number of benzene rings is 1. The summed E-state index contributed by atoms with van der Waals surface area (Å²) in [5, 5.41) is 14.0. The minimum atomic E-state index is 0.0145. The normalized spacial score (nSPS) is 20.4. The molecule has 1 aliphatic rings. The molecule has 3 rings (SSSR count). The van der Waals surface area contributed by atoms with Gasteiger partial charge in [-0.15, -0.1) is 0 Å². The predicted molar refractivity (Wildman–Crippen MR) is 95.6 cm³/mol. The van der Waals surface area contributed by atoms with E-state index in [4.69, 9.17) is 9.47 Å². The van der Waals surface area contributed by atoms with E-state index in [9.17, 15) is 5.11 Å². The first kappa shape index (κ1) is 17.0. The Bertz CT molecular complexity index is 669. The molecule has 2 N–H and O–H groups in total. The molecule has 0 bridgehead atoms. The highest BCUT2D eigenvalue weighted by Gasteiger charge is 2.34. The lowest BCUT2D eigenvalue weighted by Crippen LogP contribution is -2.31. The number of aliphatic hydroxyl groups excluding tert-OH is 1. The van der Waals surface area contributed by atoms with Crippen molar-refractivity contribution in [3.8, 4) is 5.75 Å². The molecule has 0 saturated carbocycles. The van der Waals surface area contributed by atoms with E-state index in [0.29, 0.717) is 13.2 Å². The monoisotopic (exact) mass is 330 g/mol. The van der Waals surface area contributed by atoms with E-state index in [1.807, 2.05) is 24.4 Å². The van der Waals surface area contributed by atoms with Crippen LogP contribution in [-0.2, 0) is 4.74 Å². The standard InChI is InChI=1S/C19H26N2O3/c1-2-11-24-17-5-3-4-15-16(6-9-20-18(15)17)21-13-19(7-10-22)8-12-23-14-19/h3-6,9,22H,2,7-8,10-14H2,1H3,(H,20,21)/t19-/m0/s1. The Morgan fingerprint density at radius 1 is 1.38 bits per heavy atom. The molecule has 0 unspecified atom stereocenters. The van der Waals surface area contributed by atoms with Gasteiger partial charge in [-0.3, -0.25) is 4.98 Å². The quantitative estimate of drug-likeness (QED) is 0.778. The second kappa shape index (κ2) is 7.81. The van der Waals surface area contributed by atoms with Crippen molar-refractivity contribution < 1.29 is 14.6 Å². The molecule has 130 valence electrons. The average Bonchev–Trinajstić information content (AvgIpc) is 3.07. The Hall–Kier alpha value is -1.85. The molecule has 0 amide bonds. The molecule has 0 spiro atoms. The minimum Gasteiger partial charge on any atom is -0.491 e. The van der Waals surface area contributed by atoms with Crippen LogP contribution in [-0.4, -0.2) is 43.1 Å². The van der Waals surface area contributed by atoms with Gasteiger partial charge < -0.3 is 19.9 Å². The minimum absolute atomic E-state index is 0.0145. The molecule has 2 heterocycles. The van der Waals surface area contributed by atoms with Gasteiger partial charge in [-0.2, -0.15) is 0 Å². The highest BCUT2D eigenvalue weighted by molar-refractivity contribution is 5.94. The summed E-state index contributed by atoms with van der Waals surface area (Å²) < 4.78 is 11.4. The van der Waals surface area contributed by atoms with E-state index in [2.05, 4.69) is 23.3 Å². The van der Waals surface area contributed by atoms with Crippen LogP contribution in [0.5, 0.6) is 5.75 Å². The number of pyridine rings is 1. The Morgan fingerprint density at radius 2 is 2.29 bits per heavy atom. The molecule has 0 radical (unpaired) electrons. The first-order valence-corrected chi connectivity index (χ1v) is 8.71. The summed E-state index contributed by atoms with van der Waals surface area (Å²) in [4.78, 5) is 4.50. The zero-order valence-electron chi connectivity index (χ0n) is 14.3. The maximum absolute atomic E-state index is 9.37. The number of hydrogen-bond donors (Lipinski definition) is 2. The molecule has 1 aliphatic heterocycles. The Morgan fingerprint density at radius 3 is 3.04 bits per heavy atom. The second-order valence-corrected chi connectivity index (χ2v) is 6.49. The van der Waals surface area contributed by atoms with E-state index in [-0.39, 0.29) is 12.0 Å². The van der Waals surface area contributed by atoms with Crippen LogP contribution < -0.4 is 10.1 Å². The lowest BCUT2D eigenvalue weighted by Gasteiger charge is -2.27. The zero-order chi connectivity index (χ0) is 16.8. The predicted octanol–water partition coefficient (Wildman–Crippen LogP) is 3.22. The lowest BCUT2D eigenvalue weighted by atomic mass is 9.84. The third-order valence-electron chi connectivity index (χ3n) is 4.68. The van der Waals surface area contributed by atoms with Crippen molar-refractivity contribution in [1.82, 2.24) is 4.98 Å². The fourth-order valence-electron chi connectivity index (χ4n) is 3.23. The van der Waals surface area contributed by atoms with Gasteiger partial charge in [0, 0.05) is 42.4 Å². The summed E-state index contributed by atoms with van der Waals surface area (Å²) in [5.41, 5.74) is 1.95. The first-order chi connectivity index (χ1) is 11.8. The third-order valence-corrected chi connectivity index (χ3v) is 4.68. The summed E-state index contributed by atoms with van der Waals surface area (Å²) in [5.74, 6) is 0.826. The van der Waals surface area contributed by atoms with Gasteiger partial charge in [-0.05, 0) is 31.4 Å². The van der Waals surface area contributed by atoms with Crippen LogP contribution in [0.4, 0.5) is 5.69 Å². The zero-order valence-corrected chi connectivity index (χ0v) is 14.3. The molecule has 1 aromatic carbocycles. The van der Waals surface area contributed by atoms with Crippen molar-refractivity contribution >= 4 is 16.6 Å². The van der Waals surface area contributed by atoms with Crippen molar-refractivity contribution in [2.75, 3.05) is 38.3 Å². The maximum atomic E-state index is 9.37. The van der Waals surface area contributed by atoms with Crippen molar-refractivity contribution in [2.24, 2.45) is 5.41 Å². The van der Waals surface area contributed by atoms with Crippen LogP contribution in [0.2, 0.25) is 0 Å². The number of hydrogen-bond acceptors (Lipinski definition) is 5. The molecule has 24 heavy (non-hydrogen) atoms. The van der Waals surface area contributed by atoms with Crippen LogP contribution >= 0.6 is 0 Å². The van der Waals surface area contributed by atoms with Crippen LogP contribution in [0.15, 0.2) is 30.5 Å². The molecule has 1 aromatic heterocycles. The van der Waals surface area contributed by atoms with Gasteiger partial charge in [-0.25, -0.2) is 0 Å². The number of nitrogens with one attached hydrogen (secondary N) is 1. The summed E-state index contributed by atoms with van der Waals surface area (Å²) in [7, 11) is 0. The van der Waals surface area contributed by atoms with Crippen molar-refractivity contribution in [3.63, 3.8) is 0 Å². The number of ether oxygens (including phenoxy) is 2. The molecule has 0 aliphatic carbocycles. The first-order valence-electron chi connectivity index (χ1n) is 8.71. The number of nitrogens with zero attached hydrogens (tertiary/aromatic N) is 1. The molecule has 2 aromatic rings. The van der Waals surface area contributed by atoms with E-state index in [1.54, 1.807) is 0 Å². The number of aromatic nitrogens is 1. The average molecular weight is 330 g/mol. The van der Waals surface area contributed by atoms with E-state index in [1.165, 1.54) is 0 Å². The van der Waals surface area contributed by atoms with Gasteiger partial charge in [-0.1, -0.05) is 19.1 Å². The van der Waals surface area contributed by atoms with Gasteiger partial charge in [0.2, 0.25) is 0 Å². The molecular weight excluding hydrogens is 304 g/mol. The fourth-order valence-corrected chi connectivity index (χ4v) is 3.23. The van der Waals surface area contributed by atoms with Gasteiger partial charge in [0.05, 0.1) is 13.2 Å². The Balaban J connectivity index is 1.82. The highest BCUT2D eigenvalue weighted by atomic mass is 16.5. The van der Waals surface area contributed by atoms with Gasteiger partial charge in [0.15, 0.2) is 0 Å². The second-order valence-electron chi connectivity index (χ2n) is 6.49. The number of fused-ring (bicyclic) bond motifs is 1. The molecule has 5 nitrogen and oxygen atoms in total. The molecule has 1 saturated heterocycles. The largest absolute Gasteiger partial charge is 0.491 e. The third kappa shape index (κ3) is 3.62. The van der Waals surface area contributed by atoms with Crippen LogP contribution in [0.25, 0.3) is 10.9 Å². The lowest BCUT2D eigenvalue weighted by molar-refractivity contribution is 0.133. The van der Waals surface area contributed by atoms with Crippen LogP contribution in [0.1, 0.15) is 26.2 Å². The van der Waals surface area contributed by atoms with Crippen molar-refractivity contribution in [3.05, 3.63) is 30.5 Å². The number of anilines is 1. The van der Waals surface area contributed by atoms with Gasteiger partial charge in [0.1, 0.15) is 11.3 Å². The fraction of sp³-hybridized carbons (Fsp3) is 0.526. The van der Waals surface area contributed by atoms with E-state index < -0.39 is 0 Å². The maximum Gasteiger partial charge on any atom is 0.145 e. The summed E-state index contributed by atoms with van der Waals surface area (Å²) in [6.07, 6.45) is 4.52. The summed E-state index contributed by atoms with van der Waals surface area (Å²) >= 11 is 0. The van der Waals surface area contributed by atoms with Crippen molar-refractivity contribution in [2.45, 2.75) is 26.2 Å². The SMILES string of the molecule is CCCOc1cccc2c(NC[C@]3(CCO)CCOC3)ccnc12. The highest BCUT2D eigenvalue weighted by Crippen LogP contribution is 2.34. The topological polar surface area (TPSA) is 63.6 Å². The van der Waals surface area contributed by atoms with Gasteiger partial charge in [0.25, 0.3) is 0 Å². The number of aliphatic hydroxyl groups is 1. The molecule has 5 heteroatoms. The van der Waals surface area contributed by atoms with Crippen LogP contribution in [0, 0.1) is 5.41 Å². The Kier molecular flexibility index (Phi) is 5.53. The molecular formula is C19H26N2O3. The molecule has 1 fully saturated rings. The van der Waals surface area contributed by atoms with Gasteiger partial charge >= 0.3 is 0 Å². The van der Waals surface area contributed by atoms with E-state index in [0.717, 1.165) is 54.8 Å². The smallest absolute Gasteiger partial charge is 0.145 e. The molecule has 1 atom stereocenters. The number of para-hydroxylation sites is 1. The summed E-state index contributed by atoms with van der Waals surface area (Å²) in [6.45, 7) is 5.23. The van der Waals surface area contributed by atoms with Crippen molar-refractivity contribution in [1.29, 1.82) is 0 Å². The van der Waals surface area contributed by atoms with Crippen LogP contribution in [0.3, 0.4) is 0 Å². The summed E-state index contributed by atoms with van der Waals surface area (Å²) in [6, 6.07) is 8.02.